The van der Waals surface area contributed by atoms with Crippen LogP contribution >= 0.6 is 11.3 Å². The van der Waals surface area contributed by atoms with E-state index in [9.17, 15) is 4.79 Å². The van der Waals surface area contributed by atoms with Gasteiger partial charge in [0.05, 0.1) is 16.3 Å². The Labute approximate surface area is 165 Å². The number of hydrogen-bond acceptors (Lipinski definition) is 5. The van der Waals surface area contributed by atoms with Crippen LogP contribution in [-0.4, -0.2) is 33.3 Å². The molecule has 0 aliphatic carbocycles. The van der Waals surface area contributed by atoms with Crippen molar-refractivity contribution >= 4 is 28.1 Å². The van der Waals surface area contributed by atoms with E-state index in [0.717, 1.165) is 52.8 Å². The van der Waals surface area contributed by atoms with E-state index in [1.54, 1.807) is 18.9 Å². The zero-order valence-electron chi connectivity index (χ0n) is 17.3. The Hall–Kier alpha value is -2.02. The fourth-order valence-electron chi connectivity index (χ4n) is 3.88. The first-order valence-electron chi connectivity index (χ1n) is 9.64. The summed E-state index contributed by atoms with van der Waals surface area (Å²) in [6.07, 6.45) is 3.26. The molecule has 3 rings (SSSR count). The fraction of sp³-hybridized carbons (Fsp3) is 0.600. The average molecular weight is 388 g/mol. The molecule has 27 heavy (non-hydrogen) atoms. The van der Waals surface area contributed by atoms with Gasteiger partial charge in [-0.25, -0.2) is 14.6 Å². The van der Waals surface area contributed by atoms with Crippen molar-refractivity contribution < 1.29 is 4.79 Å². The molecule has 146 valence electrons. The summed E-state index contributed by atoms with van der Waals surface area (Å²) in [5, 5.41) is 5.55. The molecule has 1 amide bonds. The molecule has 1 aliphatic heterocycles. The number of imidazole rings is 1. The quantitative estimate of drug-likeness (QED) is 0.743. The van der Waals surface area contributed by atoms with E-state index in [0.29, 0.717) is 17.0 Å². The second kappa shape index (κ2) is 7.54. The van der Waals surface area contributed by atoms with Crippen molar-refractivity contribution in [2.75, 3.05) is 11.9 Å². The van der Waals surface area contributed by atoms with Gasteiger partial charge in [-0.2, -0.15) is 5.10 Å². The highest BCUT2D eigenvalue weighted by atomic mass is 32.1. The molecule has 1 atom stereocenters. The third-order valence-electron chi connectivity index (χ3n) is 5.55. The first-order valence-corrected chi connectivity index (χ1v) is 10.5. The van der Waals surface area contributed by atoms with Gasteiger partial charge in [-0.3, -0.25) is 9.69 Å². The lowest BCUT2D eigenvalue weighted by molar-refractivity contribution is -0.116. The minimum absolute atomic E-state index is 0.0232. The zero-order valence-corrected chi connectivity index (χ0v) is 18.1. The van der Waals surface area contributed by atoms with E-state index in [1.165, 1.54) is 11.3 Å². The first-order chi connectivity index (χ1) is 12.8. The van der Waals surface area contributed by atoms with Crippen LogP contribution in [0.25, 0.3) is 10.6 Å². The maximum absolute atomic E-state index is 11.7. The number of hydrogen-bond donors (Lipinski definition) is 0. The molecule has 0 saturated heterocycles. The van der Waals surface area contributed by atoms with Gasteiger partial charge in [0, 0.05) is 25.6 Å². The molecule has 0 radical (unpaired) electrons. The third kappa shape index (κ3) is 3.45. The smallest absolute Gasteiger partial charge is 0.225 e. The van der Waals surface area contributed by atoms with E-state index in [-0.39, 0.29) is 5.91 Å². The molecule has 0 spiro atoms. The number of aryl methyl sites for hydroxylation is 2. The van der Waals surface area contributed by atoms with Crippen LogP contribution in [0.4, 0.5) is 5.13 Å². The minimum atomic E-state index is -0.0232. The number of amides is 1. The molecule has 7 heteroatoms. The average Bonchev–Trinajstić information content (AvgIpc) is 3.14. The summed E-state index contributed by atoms with van der Waals surface area (Å²) >= 11 is 1.53. The van der Waals surface area contributed by atoms with Crippen molar-refractivity contribution in [1.29, 1.82) is 0 Å². The van der Waals surface area contributed by atoms with Crippen molar-refractivity contribution in [3.8, 4) is 10.6 Å². The number of aromatic nitrogens is 3. The fourth-order valence-corrected chi connectivity index (χ4v) is 5.03. The predicted octanol–water partition coefficient (Wildman–Crippen LogP) is 4.75. The minimum Gasteiger partial charge on any atom is -0.291 e. The lowest BCUT2D eigenvalue weighted by Crippen LogP contribution is -2.23. The van der Waals surface area contributed by atoms with E-state index in [2.05, 4.69) is 25.8 Å². The Morgan fingerprint density at radius 2 is 1.89 bits per heavy atom. The standard InChI is InChI=1S/C20H29N5OS/c1-8-15(9-2)16-10-11(3)23-25-17(12(4)21-19(16)25)18-13(5)22-20(27-18)24(7)14(6)26/h15-16H,8-10H2,1-7H3. The molecule has 0 aromatic carbocycles. The molecule has 0 bridgehead atoms. The molecule has 0 saturated carbocycles. The summed E-state index contributed by atoms with van der Waals surface area (Å²) in [6.45, 7) is 12.2. The van der Waals surface area contributed by atoms with E-state index in [4.69, 9.17) is 10.1 Å². The number of carbonyl (C=O) groups excluding carboxylic acids is 1. The lowest BCUT2D eigenvalue weighted by atomic mass is 9.83. The molecule has 0 N–H and O–H groups in total. The van der Waals surface area contributed by atoms with Crippen molar-refractivity contribution in [1.82, 2.24) is 14.6 Å². The van der Waals surface area contributed by atoms with Crippen LogP contribution < -0.4 is 4.90 Å². The maximum atomic E-state index is 11.7. The molecule has 3 heterocycles. The van der Waals surface area contributed by atoms with Crippen LogP contribution in [0.3, 0.4) is 0 Å². The largest absolute Gasteiger partial charge is 0.291 e. The summed E-state index contributed by atoms with van der Waals surface area (Å²) < 4.78 is 2.04. The number of thiazole rings is 1. The summed E-state index contributed by atoms with van der Waals surface area (Å²) in [4.78, 5) is 23.9. The summed E-state index contributed by atoms with van der Waals surface area (Å²) in [7, 11) is 1.76. The van der Waals surface area contributed by atoms with Crippen molar-refractivity contribution in [2.45, 2.75) is 66.7 Å². The van der Waals surface area contributed by atoms with Crippen molar-refractivity contribution in [3.63, 3.8) is 0 Å². The second-order valence-corrected chi connectivity index (χ2v) is 8.40. The van der Waals surface area contributed by atoms with Crippen LogP contribution in [0.15, 0.2) is 5.10 Å². The molecule has 2 aromatic rings. The molecule has 0 fully saturated rings. The van der Waals surface area contributed by atoms with Gasteiger partial charge < -0.3 is 0 Å². The summed E-state index contributed by atoms with van der Waals surface area (Å²) in [6, 6.07) is 0. The van der Waals surface area contributed by atoms with Gasteiger partial charge in [0.15, 0.2) is 5.13 Å². The van der Waals surface area contributed by atoms with Crippen molar-refractivity contribution in [2.24, 2.45) is 11.0 Å². The molecular weight excluding hydrogens is 358 g/mol. The Bertz CT molecular complexity index is 891. The van der Waals surface area contributed by atoms with Gasteiger partial charge in [-0.1, -0.05) is 38.0 Å². The highest BCUT2D eigenvalue weighted by Gasteiger charge is 2.32. The zero-order chi connectivity index (χ0) is 19.9. The Morgan fingerprint density at radius 1 is 1.22 bits per heavy atom. The van der Waals surface area contributed by atoms with Gasteiger partial charge in [0.2, 0.25) is 5.91 Å². The monoisotopic (exact) mass is 387 g/mol. The normalized spacial score (nSPS) is 16.4. The van der Waals surface area contributed by atoms with Crippen LogP contribution in [-0.2, 0) is 4.79 Å². The summed E-state index contributed by atoms with van der Waals surface area (Å²) in [5.74, 6) is 2.05. The van der Waals surface area contributed by atoms with Gasteiger partial charge in [0.1, 0.15) is 11.5 Å². The maximum Gasteiger partial charge on any atom is 0.225 e. The predicted molar refractivity (Wildman–Crippen MR) is 112 cm³/mol. The van der Waals surface area contributed by atoms with Crippen LogP contribution in [0.5, 0.6) is 0 Å². The van der Waals surface area contributed by atoms with Crippen LogP contribution in [0.1, 0.15) is 70.1 Å². The Balaban J connectivity index is 2.14. The molecule has 6 nitrogen and oxygen atoms in total. The van der Waals surface area contributed by atoms with Gasteiger partial charge in [0.25, 0.3) is 0 Å². The Morgan fingerprint density at radius 3 is 2.48 bits per heavy atom. The van der Waals surface area contributed by atoms with E-state index in [1.807, 2.05) is 18.5 Å². The molecule has 1 aliphatic rings. The van der Waals surface area contributed by atoms with Gasteiger partial charge in [-0.15, -0.1) is 0 Å². The second-order valence-electron chi connectivity index (χ2n) is 7.43. The summed E-state index contributed by atoms with van der Waals surface area (Å²) in [5.41, 5.74) is 4.04. The first kappa shape index (κ1) is 19.7. The van der Waals surface area contributed by atoms with Gasteiger partial charge in [-0.05, 0) is 33.1 Å². The molecule has 2 aromatic heterocycles. The number of rotatable bonds is 5. The van der Waals surface area contributed by atoms with E-state index >= 15 is 0 Å². The van der Waals surface area contributed by atoms with E-state index < -0.39 is 0 Å². The Kier molecular flexibility index (Phi) is 5.51. The molecular formula is C20H29N5OS. The van der Waals surface area contributed by atoms with Crippen LogP contribution in [0, 0.1) is 19.8 Å². The third-order valence-corrected chi connectivity index (χ3v) is 6.79. The number of fused-ring (bicyclic) bond motifs is 1. The SMILES string of the molecule is CCC(CC)C1CC(C)=Nn2c1nc(C)c2-c1sc(N(C)C(C)=O)nc1C. The topological polar surface area (TPSA) is 63.4 Å². The number of carbonyl (C=O) groups is 1. The highest BCUT2D eigenvalue weighted by molar-refractivity contribution is 7.19. The van der Waals surface area contributed by atoms with Gasteiger partial charge >= 0.3 is 0 Å². The lowest BCUT2D eigenvalue weighted by Gasteiger charge is -2.28. The van der Waals surface area contributed by atoms with Crippen LogP contribution in [0.2, 0.25) is 0 Å². The molecule has 1 unspecified atom stereocenters. The number of anilines is 1. The number of nitrogens with zero attached hydrogens (tertiary/aromatic N) is 5. The highest BCUT2D eigenvalue weighted by Crippen LogP contribution is 2.41. The van der Waals surface area contributed by atoms with Crippen molar-refractivity contribution in [3.05, 3.63) is 17.2 Å².